The van der Waals surface area contributed by atoms with Crippen molar-refractivity contribution in [1.29, 1.82) is 0 Å². The molecule has 0 saturated carbocycles. The zero-order valence-corrected chi connectivity index (χ0v) is 24.3. The van der Waals surface area contributed by atoms with Gasteiger partial charge in [-0.3, -0.25) is 9.59 Å². The summed E-state index contributed by atoms with van der Waals surface area (Å²) in [6, 6.07) is 2.87. The molecular weight excluding hydrogens is 522 g/mol. The molecule has 0 aliphatic heterocycles. The Morgan fingerprint density at radius 3 is 1.88 bits per heavy atom. The lowest BCUT2D eigenvalue weighted by atomic mass is 9.82. The van der Waals surface area contributed by atoms with Gasteiger partial charge >= 0.3 is 24.2 Å². The maximum atomic E-state index is 12.4. The number of carboxylic acids is 1. The number of aliphatic carboxylic acids is 1. The number of nitrogens with two attached hydrogens (primary N) is 1. The molecule has 1 aromatic carbocycles. The fourth-order valence-corrected chi connectivity index (χ4v) is 3.82. The van der Waals surface area contributed by atoms with Crippen LogP contribution in [0.15, 0.2) is 18.2 Å². The average molecular weight is 568 g/mol. The standard InChI is InChI=1S/C29H45NO10/c1-6-9-11-15-36-28(34)39-22-14-13-21(17-23(22)40-29(35)37-16-12-10-7-2)24(25(30)26(31)32)20(5)18-38-27(33)19(4)8-3/h13-14,17,19-20,24-25H,6-12,15-16,18,30H2,1-5H3,(H,31,32)/t19?,20?,24?,25-/m0/s1. The number of hydrogen-bond acceptors (Lipinski definition) is 10. The highest BCUT2D eigenvalue weighted by molar-refractivity contribution is 5.75. The van der Waals surface area contributed by atoms with E-state index in [4.69, 9.17) is 29.4 Å². The molecule has 1 rings (SSSR count). The van der Waals surface area contributed by atoms with Gasteiger partial charge in [0.1, 0.15) is 6.04 Å². The Morgan fingerprint density at radius 2 is 1.38 bits per heavy atom. The number of hydrogen-bond donors (Lipinski definition) is 2. The van der Waals surface area contributed by atoms with Crippen LogP contribution in [0.1, 0.15) is 91.0 Å². The van der Waals surface area contributed by atoms with Crippen molar-refractivity contribution in [2.45, 2.75) is 91.5 Å². The smallest absolute Gasteiger partial charge is 0.480 e. The number of unbranched alkanes of at least 4 members (excludes halogenated alkanes) is 4. The molecule has 40 heavy (non-hydrogen) atoms. The number of carbonyl (C=O) groups is 4. The lowest BCUT2D eigenvalue weighted by molar-refractivity contribution is -0.149. The summed E-state index contributed by atoms with van der Waals surface area (Å²) in [4.78, 5) is 48.7. The Labute approximate surface area is 236 Å². The minimum absolute atomic E-state index is 0.0766. The quantitative estimate of drug-likeness (QED) is 0.0951. The van der Waals surface area contributed by atoms with Crippen molar-refractivity contribution in [2.24, 2.45) is 17.6 Å². The van der Waals surface area contributed by atoms with Gasteiger partial charge in [0, 0.05) is 5.92 Å². The van der Waals surface area contributed by atoms with Gasteiger partial charge in [0.05, 0.1) is 25.7 Å². The summed E-state index contributed by atoms with van der Waals surface area (Å²) in [6.45, 7) is 9.58. The van der Waals surface area contributed by atoms with E-state index in [1.54, 1.807) is 13.8 Å². The lowest BCUT2D eigenvalue weighted by Gasteiger charge is -2.28. The molecule has 1 aromatic rings. The first-order valence-corrected chi connectivity index (χ1v) is 14.0. The van der Waals surface area contributed by atoms with Gasteiger partial charge in [-0.2, -0.15) is 0 Å². The number of ether oxygens (including phenoxy) is 5. The number of rotatable bonds is 18. The van der Waals surface area contributed by atoms with Crippen molar-refractivity contribution in [3.8, 4) is 11.5 Å². The second-order valence-corrected chi connectivity index (χ2v) is 9.83. The Bertz CT molecular complexity index is 951. The van der Waals surface area contributed by atoms with E-state index in [2.05, 4.69) is 0 Å². The molecule has 0 heterocycles. The number of carbonyl (C=O) groups excluding carboxylic acids is 3. The zero-order chi connectivity index (χ0) is 30.1. The first kappa shape index (κ1) is 34.7. The Kier molecular flexibility index (Phi) is 16.4. The normalized spacial score (nSPS) is 13.8. The first-order chi connectivity index (χ1) is 19.0. The highest BCUT2D eigenvalue weighted by Gasteiger charge is 2.33. The van der Waals surface area contributed by atoms with E-state index in [1.165, 1.54) is 18.2 Å². The van der Waals surface area contributed by atoms with Crippen LogP contribution in [0.4, 0.5) is 9.59 Å². The van der Waals surface area contributed by atoms with Crippen LogP contribution < -0.4 is 15.2 Å². The molecule has 226 valence electrons. The van der Waals surface area contributed by atoms with Crippen molar-refractivity contribution < 1.29 is 48.0 Å². The number of benzene rings is 1. The maximum absolute atomic E-state index is 12.4. The first-order valence-electron chi connectivity index (χ1n) is 14.0. The predicted octanol–water partition coefficient (Wildman–Crippen LogP) is 5.82. The van der Waals surface area contributed by atoms with Crippen LogP contribution in [-0.2, 0) is 23.8 Å². The molecule has 11 heteroatoms. The molecule has 0 saturated heterocycles. The summed E-state index contributed by atoms with van der Waals surface area (Å²) in [5.41, 5.74) is 6.43. The van der Waals surface area contributed by atoms with Gasteiger partial charge in [0.2, 0.25) is 0 Å². The minimum atomic E-state index is -1.37. The van der Waals surface area contributed by atoms with Gasteiger partial charge in [0.15, 0.2) is 11.5 Å². The summed E-state index contributed by atoms with van der Waals surface area (Å²) in [6.07, 6.45) is 3.59. The highest BCUT2D eigenvalue weighted by Crippen LogP contribution is 2.36. The van der Waals surface area contributed by atoms with Crippen LogP contribution in [0.25, 0.3) is 0 Å². The maximum Gasteiger partial charge on any atom is 0.513 e. The lowest BCUT2D eigenvalue weighted by Crippen LogP contribution is -2.40. The summed E-state index contributed by atoms with van der Waals surface area (Å²) in [5, 5.41) is 9.69. The molecule has 0 spiro atoms. The van der Waals surface area contributed by atoms with Crippen molar-refractivity contribution in [3.05, 3.63) is 23.8 Å². The van der Waals surface area contributed by atoms with E-state index in [-0.39, 0.29) is 37.2 Å². The van der Waals surface area contributed by atoms with Crippen molar-refractivity contribution in [2.75, 3.05) is 19.8 Å². The summed E-state index contributed by atoms with van der Waals surface area (Å²) >= 11 is 0. The summed E-state index contributed by atoms with van der Waals surface area (Å²) < 4.78 is 26.2. The number of esters is 1. The van der Waals surface area contributed by atoms with Crippen LogP contribution in [-0.4, -0.2) is 55.2 Å². The van der Waals surface area contributed by atoms with E-state index >= 15 is 0 Å². The van der Waals surface area contributed by atoms with Gasteiger partial charge in [0.25, 0.3) is 0 Å². The van der Waals surface area contributed by atoms with E-state index < -0.39 is 42.1 Å². The van der Waals surface area contributed by atoms with Crippen molar-refractivity contribution in [1.82, 2.24) is 0 Å². The third-order valence-corrected chi connectivity index (χ3v) is 6.46. The van der Waals surface area contributed by atoms with Gasteiger partial charge in [-0.1, -0.05) is 66.4 Å². The van der Waals surface area contributed by atoms with Crippen LogP contribution >= 0.6 is 0 Å². The Hall–Kier alpha value is -3.34. The fraction of sp³-hybridized carbons (Fsp3) is 0.655. The van der Waals surface area contributed by atoms with Gasteiger partial charge in [-0.05, 0) is 42.9 Å². The Morgan fingerprint density at radius 1 is 0.825 bits per heavy atom. The largest absolute Gasteiger partial charge is 0.513 e. The summed E-state index contributed by atoms with van der Waals surface area (Å²) in [7, 11) is 0. The predicted molar refractivity (Wildman–Crippen MR) is 147 cm³/mol. The molecule has 3 unspecified atom stereocenters. The molecule has 0 aliphatic rings. The topological polar surface area (TPSA) is 161 Å². The molecule has 0 radical (unpaired) electrons. The van der Waals surface area contributed by atoms with Gasteiger partial charge in [-0.15, -0.1) is 0 Å². The van der Waals surface area contributed by atoms with E-state index in [0.717, 1.165) is 25.7 Å². The van der Waals surface area contributed by atoms with Crippen molar-refractivity contribution >= 4 is 24.2 Å². The van der Waals surface area contributed by atoms with E-state index in [0.29, 0.717) is 24.8 Å². The fourth-order valence-electron chi connectivity index (χ4n) is 3.82. The zero-order valence-electron chi connectivity index (χ0n) is 24.3. The van der Waals surface area contributed by atoms with Crippen molar-refractivity contribution in [3.63, 3.8) is 0 Å². The molecule has 0 aliphatic carbocycles. The van der Waals surface area contributed by atoms with E-state index in [9.17, 15) is 24.3 Å². The summed E-state index contributed by atoms with van der Waals surface area (Å²) in [5.74, 6) is -3.63. The second kappa shape index (κ2) is 18.9. The van der Waals surface area contributed by atoms with Crippen LogP contribution in [0.2, 0.25) is 0 Å². The SMILES string of the molecule is CCCCCOC(=O)Oc1ccc(C(C(C)COC(=O)C(C)CC)[C@H](N)C(=O)O)cc1OC(=O)OCCCCC. The molecular formula is C29H45NO10. The average Bonchev–Trinajstić information content (AvgIpc) is 2.92. The molecule has 4 atom stereocenters. The highest BCUT2D eigenvalue weighted by atomic mass is 16.7. The third kappa shape index (κ3) is 12.2. The van der Waals surface area contributed by atoms with Crippen LogP contribution in [0, 0.1) is 11.8 Å². The molecule has 0 aromatic heterocycles. The minimum Gasteiger partial charge on any atom is -0.480 e. The third-order valence-electron chi connectivity index (χ3n) is 6.46. The van der Waals surface area contributed by atoms with Gasteiger partial charge in [-0.25, -0.2) is 9.59 Å². The monoisotopic (exact) mass is 567 g/mol. The van der Waals surface area contributed by atoms with E-state index in [1.807, 2.05) is 20.8 Å². The van der Waals surface area contributed by atoms with Crippen LogP contribution in [0.3, 0.4) is 0 Å². The Balaban J connectivity index is 3.25. The molecule has 0 fully saturated rings. The molecule has 3 N–H and O–H groups in total. The van der Waals surface area contributed by atoms with Gasteiger partial charge < -0.3 is 34.5 Å². The second-order valence-electron chi connectivity index (χ2n) is 9.83. The number of carboxylic acid groups (broad SMARTS) is 1. The molecule has 0 bridgehead atoms. The molecule has 11 nitrogen and oxygen atoms in total. The molecule has 0 amide bonds. The van der Waals surface area contributed by atoms with Crippen LogP contribution in [0.5, 0.6) is 11.5 Å².